The van der Waals surface area contributed by atoms with E-state index in [4.69, 9.17) is 16.6 Å². The number of fused-ring (bicyclic) bond motifs is 1. The summed E-state index contributed by atoms with van der Waals surface area (Å²) < 4.78 is 0. The van der Waals surface area contributed by atoms with Crippen molar-refractivity contribution in [2.75, 3.05) is 0 Å². The Hall–Kier alpha value is -2.46. The Kier molecular flexibility index (Phi) is 4.84. The van der Waals surface area contributed by atoms with Crippen molar-refractivity contribution in [2.24, 2.45) is 0 Å². The van der Waals surface area contributed by atoms with E-state index in [1.165, 1.54) is 18.4 Å². The molecular formula is C23H24ClN3O. The van der Waals surface area contributed by atoms with Gasteiger partial charge in [0.25, 0.3) is 5.91 Å². The molecule has 1 aromatic carbocycles. The second-order valence-electron chi connectivity index (χ2n) is 8.48. The largest absolute Gasteiger partial charge is 0.345 e. The summed E-state index contributed by atoms with van der Waals surface area (Å²) in [4.78, 5) is 21.6. The van der Waals surface area contributed by atoms with E-state index in [9.17, 15) is 4.79 Å². The predicted octanol–water partition coefficient (Wildman–Crippen LogP) is 5.39. The first-order valence-electron chi connectivity index (χ1n) is 9.66. The van der Waals surface area contributed by atoms with Crippen LogP contribution >= 0.6 is 11.6 Å². The fourth-order valence-corrected chi connectivity index (χ4v) is 3.66. The average Bonchev–Trinajstić information content (AvgIpc) is 3.50. The van der Waals surface area contributed by atoms with Crippen LogP contribution in [0.1, 0.15) is 66.8 Å². The van der Waals surface area contributed by atoms with E-state index in [-0.39, 0.29) is 11.3 Å². The highest BCUT2D eigenvalue weighted by atomic mass is 35.5. The molecule has 5 heteroatoms. The molecule has 28 heavy (non-hydrogen) atoms. The lowest BCUT2D eigenvalue weighted by Gasteiger charge is -2.23. The van der Waals surface area contributed by atoms with Crippen LogP contribution in [0.4, 0.5) is 0 Å². The lowest BCUT2D eigenvalue weighted by molar-refractivity contribution is 0.0945. The van der Waals surface area contributed by atoms with Gasteiger partial charge in [-0.1, -0.05) is 44.5 Å². The maximum atomic E-state index is 12.7. The maximum Gasteiger partial charge on any atom is 0.270 e. The molecule has 0 radical (unpaired) electrons. The van der Waals surface area contributed by atoms with Gasteiger partial charge in [0.05, 0.1) is 22.8 Å². The summed E-state index contributed by atoms with van der Waals surface area (Å²) in [6.07, 6.45) is 4.17. The Morgan fingerprint density at radius 1 is 1.21 bits per heavy atom. The van der Waals surface area contributed by atoms with Gasteiger partial charge in [-0.3, -0.25) is 9.78 Å². The number of hydrogen-bond acceptors (Lipinski definition) is 3. The predicted molar refractivity (Wildman–Crippen MR) is 113 cm³/mol. The van der Waals surface area contributed by atoms with E-state index in [0.29, 0.717) is 23.2 Å². The minimum absolute atomic E-state index is 0.0947. The molecule has 0 bridgehead atoms. The van der Waals surface area contributed by atoms with Gasteiger partial charge in [-0.05, 0) is 59.6 Å². The Labute approximate surface area is 170 Å². The van der Waals surface area contributed by atoms with Crippen molar-refractivity contribution in [3.05, 3.63) is 70.1 Å². The Balaban J connectivity index is 1.72. The summed E-state index contributed by atoms with van der Waals surface area (Å²) in [6.45, 7) is 6.86. The molecule has 144 valence electrons. The van der Waals surface area contributed by atoms with E-state index in [1.807, 2.05) is 18.2 Å². The second-order valence-corrected chi connectivity index (χ2v) is 8.89. The lowest BCUT2D eigenvalue weighted by Crippen LogP contribution is -2.24. The van der Waals surface area contributed by atoms with Gasteiger partial charge in [0.2, 0.25) is 0 Å². The number of nitrogens with one attached hydrogen (secondary N) is 1. The second kappa shape index (κ2) is 7.17. The number of carbonyl (C=O) groups is 1. The molecule has 3 aromatic rings. The van der Waals surface area contributed by atoms with E-state index >= 15 is 0 Å². The molecule has 1 N–H and O–H groups in total. The van der Waals surface area contributed by atoms with Gasteiger partial charge in [0.15, 0.2) is 0 Å². The molecule has 1 fully saturated rings. The Morgan fingerprint density at radius 3 is 2.64 bits per heavy atom. The molecule has 2 heterocycles. The van der Waals surface area contributed by atoms with Crippen LogP contribution in [-0.2, 0) is 12.0 Å². The molecule has 4 nitrogen and oxygen atoms in total. The number of hydrogen-bond donors (Lipinski definition) is 1. The molecule has 0 saturated heterocycles. The lowest BCUT2D eigenvalue weighted by atomic mass is 9.83. The standard InChI is InChI=1S/C23H24ClN3O/c1-23(2,3)18-11-15(14-7-8-14)10-17-19(24)12-20(27-21(17)18)22(28)26-13-16-6-4-5-9-25-16/h4-6,9-12,14H,7-8,13H2,1-3H3,(H,26,28). The van der Waals surface area contributed by atoms with Crippen LogP contribution in [0.25, 0.3) is 10.9 Å². The third kappa shape index (κ3) is 3.88. The minimum atomic E-state index is -0.249. The van der Waals surface area contributed by atoms with Crippen molar-refractivity contribution in [2.45, 2.75) is 51.5 Å². The molecule has 1 amide bonds. The van der Waals surface area contributed by atoms with Gasteiger partial charge in [-0.25, -0.2) is 4.98 Å². The summed E-state index contributed by atoms with van der Waals surface area (Å²) >= 11 is 6.61. The van der Waals surface area contributed by atoms with Gasteiger partial charge in [0, 0.05) is 11.6 Å². The van der Waals surface area contributed by atoms with Gasteiger partial charge >= 0.3 is 0 Å². The maximum absolute atomic E-state index is 12.7. The fraction of sp³-hybridized carbons (Fsp3) is 0.348. The summed E-state index contributed by atoms with van der Waals surface area (Å²) in [5.74, 6) is 0.378. The number of aromatic nitrogens is 2. The first kappa shape index (κ1) is 18.9. The van der Waals surface area contributed by atoms with Crippen LogP contribution < -0.4 is 5.32 Å². The Bertz CT molecular complexity index is 1040. The number of halogens is 1. The quantitative estimate of drug-likeness (QED) is 0.646. The van der Waals surface area contributed by atoms with E-state index in [2.05, 4.69) is 43.2 Å². The van der Waals surface area contributed by atoms with Gasteiger partial charge in [-0.2, -0.15) is 0 Å². The molecule has 2 aromatic heterocycles. The molecular weight excluding hydrogens is 370 g/mol. The number of benzene rings is 1. The highest BCUT2D eigenvalue weighted by Crippen LogP contribution is 2.44. The van der Waals surface area contributed by atoms with Crippen LogP contribution in [0.5, 0.6) is 0 Å². The zero-order valence-corrected chi connectivity index (χ0v) is 17.2. The number of amides is 1. The SMILES string of the molecule is CC(C)(C)c1cc(C2CC2)cc2c(Cl)cc(C(=O)NCc3ccccn3)nc12. The summed E-state index contributed by atoms with van der Waals surface area (Å²) in [5.41, 5.74) is 4.31. The fourth-order valence-electron chi connectivity index (χ4n) is 3.41. The number of rotatable bonds is 4. The van der Waals surface area contributed by atoms with Crippen molar-refractivity contribution in [1.82, 2.24) is 15.3 Å². The summed E-state index contributed by atoms with van der Waals surface area (Å²) in [6, 6.07) is 11.7. The topological polar surface area (TPSA) is 54.9 Å². The molecule has 1 aliphatic carbocycles. The third-order valence-corrected chi connectivity index (χ3v) is 5.44. The van der Waals surface area contributed by atoms with Crippen LogP contribution in [0.2, 0.25) is 5.02 Å². The zero-order chi connectivity index (χ0) is 19.9. The van der Waals surface area contributed by atoms with Crippen molar-refractivity contribution in [3.63, 3.8) is 0 Å². The molecule has 4 rings (SSSR count). The number of nitrogens with zero attached hydrogens (tertiary/aromatic N) is 2. The van der Waals surface area contributed by atoms with E-state index in [0.717, 1.165) is 22.2 Å². The summed E-state index contributed by atoms with van der Waals surface area (Å²) in [7, 11) is 0. The number of carbonyl (C=O) groups excluding carboxylic acids is 1. The summed E-state index contributed by atoms with van der Waals surface area (Å²) in [5, 5.41) is 4.38. The third-order valence-electron chi connectivity index (χ3n) is 5.13. The zero-order valence-electron chi connectivity index (χ0n) is 16.4. The highest BCUT2D eigenvalue weighted by molar-refractivity contribution is 6.35. The van der Waals surface area contributed by atoms with Crippen LogP contribution in [0.3, 0.4) is 0 Å². The first-order valence-corrected chi connectivity index (χ1v) is 10.0. The highest BCUT2D eigenvalue weighted by Gasteiger charge is 2.28. The van der Waals surface area contributed by atoms with Crippen LogP contribution in [0.15, 0.2) is 42.6 Å². The van der Waals surface area contributed by atoms with Crippen molar-refractivity contribution < 1.29 is 4.79 Å². The van der Waals surface area contributed by atoms with Gasteiger partial charge in [0.1, 0.15) is 5.69 Å². The van der Waals surface area contributed by atoms with Crippen molar-refractivity contribution >= 4 is 28.4 Å². The average molecular weight is 394 g/mol. The Morgan fingerprint density at radius 2 is 2.00 bits per heavy atom. The van der Waals surface area contributed by atoms with Crippen LogP contribution in [-0.4, -0.2) is 15.9 Å². The van der Waals surface area contributed by atoms with Gasteiger partial charge in [-0.15, -0.1) is 0 Å². The smallest absolute Gasteiger partial charge is 0.270 e. The monoisotopic (exact) mass is 393 g/mol. The normalized spacial score (nSPS) is 14.3. The molecule has 0 atom stereocenters. The molecule has 1 saturated carbocycles. The van der Waals surface area contributed by atoms with Crippen molar-refractivity contribution in [1.29, 1.82) is 0 Å². The first-order chi connectivity index (χ1) is 13.3. The molecule has 0 unspecified atom stereocenters. The van der Waals surface area contributed by atoms with Crippen molar-refractivity contribution in [3.8, 4) is 0 Å². The minimum Gasteiger partial charge on any atom is -0.345 e. The molecule has 0 aliphatic heterocycles. The van der Waals surface area contributed by atoms with Gasteiger partial charge < -0.3 is 5.32 Å². The van der Waals surface area contributed by atoms with E-state index < -0.39 is 0 Å². The molecule has 0 spiro atoms. The van der Waals surface area contributed by atoms with Crippen LogP contribution in [0, 0.1) is 0 Å². The van der Waals surface area contributed by atoms with E-state index in [1.54, 1.807) is 12.3 Å². The number of pyridine rings is 2. The molecule has 1 aliphatic rings.